The lowest BCUT2D eigenvalue weighted by atomic mass is 9.89. The zero-order chi connectivity index (χ0) is 13.0. The highest BCUT2D eigenvalue weighted by Crippen LogP contribution is 2.26. The van der Waals surface area contributed by atoms with E-state index >= 15 is 0 Å². The van der Waals surface area contributed by atoms with E-state index in [1.54, 1.807) is 0 Å². The van der Waals surface area contributed by atoms with Gasteiger partial charge in [-0.3, -0.25) is 5.32 Å². The van der Waals surface area contributed by atoms with Gasteiger partial charge in [-0.05, 0) is 84.7 Å². The van der Waals surface area contributed by atoms with Gasteiger partial charge in [0.25, 0.3) is 0 Å². The average molecular weight is 453 g/mol. The lowest BCUT2D eigenvalue weighted by molar-refractivity contribution is -0.0153. The van der Waals surface area contributed by atoms with Crippen LogP contribution in [0.25, 0.3) is 0 Å². The monoisotopic (exact) mass is 453 g/mol. The van der Waals surface area contributed by atoms with Crippen LogP contribution in [-0.4, -0.2) is 20.3 Å². The number of ether oxygens (including phenoxy) is 1. The summed E-state index contributed by atoms with van der Waals surface area (Å²) >= 11 is 4.82. The van der Waals surface area contributed by atoms with Gasteiger partial charge in [0.2, 0.25) is 0 Å². The first-order chi connectivity index (χ1) is 6.91. The first-order valence-electron chi connectivity index (χ1n) is 5.68. The van der Waals surface area contributed by atoms with Crippen LogP contribution in [0.1, 0.15) is 48.0 Å². The highest BCUT2D eigenvalue weighted by Gasteiger charge is 2.23. The summed E-state index contributed by atoms with van der Waals surface area (Å²) in [6, 6.07) is 0. The van der Waals surface area contributed by atoms with Crippen LogP contribution in [0.4, 0.5) is 0 Å². The molecule has 0 aromatic rings. The summed E-state index contributed by atoms with van der Waals surface area (Å²) in [7, 11) is 0. The van der Waals surface area contributed by atoms with E-state index in [4.69, 9.17) is 4.74 Å². The molecule has 0 radical (unpaired) electrons. The molecule has 0 aromatic heterocycles. The molecule has 0 unspecified atom stereocenters. The third-order valence-corrected chi connectivity index (χ3v) is 2.95. The number of nitrogens with one attached hydrogen (secondary N) is 1. The van der Waals surface area contributed by atoms with E-state index in [0.29, 0.717) is 0 Å². The molecule has 1 N–H and O–H groups in total. The van der Waals surface area contributed by atoms with Crippen LogP contribution < -0.4 is 5.32 Å². The fourth-order valence-corrected chi connectivity index (χ4v) is 1.50. The molecule has 0 heterocycles. The zero-order valence-electron chi connectivity index (χ0n) is 11.3. The van der Waals surface area contributed by atoms with Crippen molar-refractivity contribution in [1.82, 2.24) is 5.32 Å². The lowest BCUT2D eigenvalue weighted by Crippen LogP contribution is -2.38. The van der Waals surface area contributed by atoms with Crippen molar-refractivity contribution >= 4 is 45.2 Å². The Morgan fingerprint density at radius 2 is 1.50 bits per heavy atom. The highest BCUT2D eigenvalue weighted by atomic mass is 127. The fraction of sp³-hybridized carbons (Fsp3) is 1.00. The summed E-state index contributed by atoms with van der Waals surface area (Å²) < 4.78 is 5.90. The van der Waals surface area contributed by atoms with Crippen molar-refractivity contribution in [1.29, 1.82) is 0 Å². The minimum absolute atomic E-state index is 0.0233. The molecule has 0 saturated carbocycles. The van der Waals surface area contributed by atoms with Gasteiger partial charge in [0.15, 0.2) is 0 Å². The summed E-state index contributed by atoms with van der Waals surface area (Å²) in [5.41, 5.74) is 0.257. The van der Waals surface area contributed by atoms with Crippen molar-refractivity contribution in [3.63, 3.8) is 0 Å². The minimum atomic E-state index is -0.0233. The van der Waals surface area contributed by atoms with Crippen molar-refractivity contribution in [2.45, 2.75) is 55.1 Å². The Morgan fingerprint density at radius 3 is 1.88 bits per heavy atom. The van der Waals surface area contributed by atoms with E-state index in [9.17, 15) is 0 Å². The number of alkyl halides is 2. The molecule has 0 rings (SSSR count). The van der Waals surface area contributed by atoms with Crippen LogP contribution >= 0.6 is 45.2 Å². The average Bonchev–Trinajstić information content (AvgIpc) is 1.97. The topological polar surface area (TPSA) is 21.3 Å². The first-order valence-corrected chi connectivity index (χ1v) is 7.84. The smallest absolute Gasteiger partial charge is 0.120 e. The maximum atomic E-state index is 5.77. The third kappa shape index (κ3) is 11.9. The Kier molecular flexibility index (Phi) is 7.08. The van der Waals surface area contributed by atoms with Crippen molar-refractivity contribution in [3.05, 3.63) is 0 Å². The molecule has 0 aliphatic heterocycles. The van der Waals surface area contributed by atoms with Crippen LogP contribution in [-0.2, 0) is 4.74 Å². The van der Waals surface area contributed by atoms with Crippen molar-refractivity contribution < 1.29 is 4.74 Å². The molecule has 0 amide bonds. The summed E-state index contributed by atoms with van der Waals surface area (Å²) in [4.78, 5) is 0. The van der Waals surface area contributed by atoms with Crippen LogP contribution in [0.2, 0.25) is 0 Å². The molecular weight excluding hydrogens is 428 g/mol. The summed E-state index contributed by atoms with van der Waals surface area (Å²) in [6.07, 6.45) is 1.08. The molecule has 0 spiro atoms. The summed E-state index contributed by atoms with van der Waals surface area (Å²) in [6.45, 7) is 14.9. The Balaban J connectivity index is 3.88. The van der Waals surface area contributed by atoms with Gasteiger partial charge in [-0.15, -0.1) is 0 Å². The molecule has 0 saturated heterocycles. The van der Waals surface area contributed by atoms with E-state index in [0.717, 1.165) is 19.6 Å². The van der Waals surface area contributed by atoms with E-state index in [1.165, 1.54) is 0 Å². The maximum absolute atomic E-state index is 5.77. The number of rotatable bonds is 6. The van der Waals surface area contributed by atoms with Crippen LogP contribution in [0.5, 0.6) is 0 Å². The highest BCUT2D eigenvalue weighted by molar-refractivity contribution is 14.2. The first kappa shape index (κ1) is 17.4. The van der Waals surface area contributed by atoms with Gasteiger partial charge >= 0.3 is 0 Å². The molecule has 0 aromatic carbocycles. The van der Waals surface area contributed by atoms with Crippen LogP contribution in [0.15, 0.2) is 0 Å². The van der Waals surface area contributed by atoms with E-state index in [2.05, 4.69) is 92.0 Å². The standard InChI is InChI=1S/C12H25I2NO/c1-10(2,3)16-8-7-11(4,5)9-15-12(6,13)14/h15H,7-9H2,1-6H3. The predicted molar refractivity (Wildman–Crippen MR) is 88.6 cm³/mol. The van der Waals surface area contributed by atoms with Gasteiger partial charge in [0.05, 0.1) is 5.60 Å². The normalized spacial score (nSPS) is 14.2. The quantitative estimate of drug-likeness (QED) is 0.367. The number of hydrogen-bond acceptors (Lipinski definition) is 2. The number of hydrogen-bond donors (Lipinski definition) is 1. The van der Waals surface area contributed by atoms with Gasteiger partial charge in [0.1, 0.15) is 1.55 Å². The predicted octanol–water partition coefficient (Wildman–Crippen LogP) is 4.35. The second-order valence-corrected chi connectivity index (χ2v) is 12.5. The SMILES string of the molecule is CC(C)(CCOC(C)(C)C)CNC(C)(I)I. The third-order valence-electron chi connectivity index (χ3n) is 2.19. The molecule has 0 bridgehead atoms. The largest absolute Gasteiger partial charge is 0.376 e. The number of halogens is 2. The molecule has 4 heteroatoms. The van der Waals surface area contributed by atoms with Gasteiger partial charge in [0, 0.05) is 13.2 Å². The lowest BCUT2D eigenvalue weighted by Gasteiger charge is -2.30. The summed E-state index contributed by atoms with van der Waals surface area (Å²) in [5.74, 6) is 0. The fourth-order valence-electron chi connectivity index (χ4n) is 1.12. The molecule has 2 nitrogen and oxygen atoms in total. The van der Waals surface area contributed by atoms with E-state index in [1.807, 2.05) is 0 Å². The van der Waals surface area contributed by atoms with Crippen molar-refractivity contribution in [3.8, 4) is 0 Å². The maximum Gasteiger partial charge on any atom is 0.120 e. The molecule has 98 valence electrons. The molecule has 0 aliphatic rings. The second-order valence-electron chi connectivity index (χ2n) is 6.12. The minimum Gasteiger partial charge on any atom is -0.376 e. The van der Waals surface area contributed by atoms with Gasteiger partial charge in [-0.25, -0.2) is 0 Å². The summed E-state index contributed by atoms with van der Waals surface area (Å²) in [5, 5.41) is 3.53. The van der Waals surface area contributed by atoms with E-state index < -0.39 is 0 Å². The Labute approximate surface area is 128 Å². The molecule has 0 atom stereocenters. The Morgan fingerprint density at radius 1 is 1.00 bits per heavy atom. The van der Waals surface area contributed by atoms with Crippen molar-refractivity contribution in [2.75, 3.05) is 13.2 Å². The Hall–Kier alpha value is 1.38. The van der Waals surface area contributed by atoms with Gasteiger partial charge < -0.3 is 4.74 Å². The Bertz CT molecular complexity index is 204. The zero-order valence-corrected chi connectivity index (χ0v) is 15.6. The van der Waals surface area contributed by atoms with Gasteiger partial charge in [-0.2, -0.15) is 0 Å². The molecule has 0 fully saturated rings. The van der Waals surface area contributed by atoms with Crippen LogP contribution in [0, 0.1) is 5.41 Å². The van der Waals surface area contributed by atoms with Crippen LogP contribution in [0.3, 0.4) is 0 Å². The van der Waals surface area contributed by atoms with Gasteiger partial charge in [-0.1, -0.05) is 13.8 Å². The molecule has 0 aliphatic carbocycles. The molecular formula is C12H25I2NO. The van der Waals surface area contributed by atoms with E-state index in [-0.39, 0.29) is 12.6 Å². The molecule has 16 heavy (non-hydrogen) atoms. The van der Waals surface area contributed by atoms with Crippen molar-refractivity contribution in [2.24, 2.45) is 5.41 Å². The second kappa shape index (κ2) is 6.52.